The molecule has 1 aromatic rings. The number of nitrogens with one attached hydrogen (secondary N) is 1. The molecule has 0 spiro atoms. The van der Waals surface area contributed by atoms with Crippen LogP contribution in [0.2, 0.25) is 0 Å². The second-order valence-corrected chi connectivity index (χ2v) is 5.51. The summed E-state index contributed by atoms with van der Waals surface area (Å²) in [5, 5.41) is 11.5. The van der Waals surface area contributed by atoms with Crippen LogP contribution in [0, 0.1) is 11.3 Å². The Bertz CT molecular complexity index is 576. The van der Waals surface area contributed by atoms with E-state index in [-0.39, 0.29) is 5.91 Å². The molecule has 0 aliphatic carbocycles. The lowest BCUT2D eigenvalue weighted by molar-refractivity contribution is -0.120. The molecule has 0 atom stereocenters. The fourth-order valence-corrected chi connectivity index (χ4v) is 2.65. The largest absolute Gasteiger partial charge is 0.497 e. The van der Waals surface area contributed by atoms with Crippen LogP contribution in [-0.2, 0) is 9.53 Å². The number of methoxy groups -OCH3 is 1. The summed E-state index contributed by atoms with van der Waals surface area (Å²) in [6, 6.07) is 9.72. The van der Waals surface area contributed by atoms with Gasteiger partial charge in [0.2, 0.25) is 11.8 Å². The minimum atomic E-state index is -0.138. The number of carbonyl (C=O) groups is 1. The van der Waals surface area contributed by atoms with Gasteiger partial charge in [0.1, 0.15) is 11.8 Å². The number of hydrogen-bond acceptors (Lipinski definition) is 5. The Hall–Kier alpha value is -2.13. The van der Waals surface area contributed by atoms with Crippen LogP contribution < -0.4 is 10.1 Å². The second kappa shape index (κ2) is 7.60. The summed E-state index contributed by atoms with van der Waals surface area (Å²) < 4.78 is 10.3. The Morgan fingerprint density at radius 1 is 1.48 bits per heavy atom. The van der Waals surface area contributed by atoms with Gasteiger partial charge in [0.15, 0.2) is 0 Å². The summed E-state index contributed by atoms with van der Waals surface area (Å²) in [5.74, 6) is 1.65. The van der Waals surface area contributed by atoms with E-state index in [1.54, 1.807) is 18.9 Å². The number of benzene rings is 1. The third kappa shape index (κ3) is 4.43. The van der Waals surface area contributed by atoms with Gasteiger partial charge in [0, 0.05) is 23.5 Å². The van der Waals surface area contributed by atoms with Crippen LogP contribution in [0.5, 0.6) is 5.75 Å². The van der Waals surface area contributed by atoms with E-state index < -0.39 is 0 Å². The van der Waals surface area contributed by atoms with Crippen molar-refractivity contribution in [2.45, 2.75) is 17.7 Å². The summed E-state index contributed by atoms with van der Waals surface area (Å²) in [5.41, 5.74) is 0.506. The van der Waals surface area contributed by atoms with Crippen LogP contribution in [0.3, 0.4) is 0 Å². The van der Waals surface area contributed by atoms with Gasteiger partial charge in [0.05, 0.1) is 19.3 Å². The monoisotopic (exact) mass is 304 g/mol. The third-order valence-corrected chi connectivity index (χ3v) is 3.93. The Kier molecular flexibility index (Phi) is 5.52. The molecule has 1 aromatic carbocycles. The van der Waals surface area contributed by atoms with Crippen LogP contribution in [-0.4, -0.2) is 25.4 Å². The molecule has 21 heavy (non-hydrogen) atoms. The molecule has 0 aromatic heterocycles. The average Bonchev–Trinajstić information content (AvgIpc) is 2.95. The van der Waals surface area contributed by atoms with E-state index in [0.29, 0.717) is 36.7 Å². The Morgan fingerprint density at radius 3 is 2.90 bits per heavy atom. The van der Waals surface area contributed by atoms with Crippen molar-refractivity contribution in [3.63, 3.8) is 0 Å². The lowest BCUT2D eigenvalue weighted by Gasteiger charge is -2.07. The van der Waals surface area contributed by atoms with Crippen molar-refractivity contribution in [1.29, 1.82) is 5.26 Å². The van der Waals surface area contributed by atoms with Crippen molar-refractivity contribution in [2.24, 2.45) is 0 Å². The summed E-state index contributed by atoms with van der Waals surface area (Å²) in [7, 11) is 1.63. The molecule has 0 saturated heterocycles. The third-order valence-electron chi connectivity index (χ3n) is 2.92. The van der Waals surface area contributed by atoms with Gasteiger partial charge >= 0.3 is 0 Å². The molecule has 1 heterocycles. The molecule has 2 rings (SSSR count). The molecular formula is C15H16N2O3S. The van der Waals surface area contributed by atoms with Gasteiger partial charge in [-0.05, 0) is 24.3 Å². The van der Waals surface area contributed by atoms with Crippen LogP contribution in [0.1, 0.15) is 12.8 Å². The van der Waals surface area contributed by atoms with Crippen LogP contribution >= 0.6 is 11.8 Å². The number of rotatable bonds is 6. The summed E-state index contributed by atoms with van der Waals surface area (Å²) in [6.45, 7) is 0.457. The van der Waals surface area contributed by atoms with E-state index in [1.807, 2.05) is 30.3 Å². The normalized spacial score (nSPS) is 13.5. The molecule has 1 aliphatic heterocycles. The van der Waals surface area contributed by atoms with Gasteiger partial charge < -0.3 is 9.47 Å². The average molecular weight is 304 g/mol. The van der Waals surface area contributed by atoms with Gasteiger partial charge in [-0.2, -0.15) is 5.26 Å². The molecule has 0 fully saturated rings. The maximum atomic E-state index is 11.8. The lowest BCUT2D eigenvalue weighted by Crippen LogP contribution is -2.23. The predicted molar refractivity (Wildman–Crippen MR) is 79.7 cm³/mol. The van der Waals surface area contributed by atoms with Crippen molar-refractivity contribution in [3.05, 3.63) is 35.7 Å². The van der Waals surface area contributed by atoms with Gasteiger partial charge in [0.25, 0.3) is 0 Å². The smallest absolute Gasteiger partial charge is 0.227 e. The first-order valence-corrected chi connectivity index (χ1v) is 7.54. The number of nitrogens with zero attached hydrogens (tertiary/aromatic N) is 1. The zero-order chi connectivity index (χ0) is 15.1. The first-order valence-electron chi connectivity index (χ1n) is 6.55. The minimum Gasteiger partial charge on any atom is -0.497 e. The number of hydrogen-bond donors (Lipinski definition) is 1. The van der Waals surface area contributed by atoms with Gasteiger partial charge in [-0.1, -0.05) is 0 Å². The van der Waals surface area contributed by atoms with Crippen molar-refractivity contribution < 1.29 is 14.3 Å². The van der Waals surface area contributed by atoms with E-state index >= 15 is 0 Å². The molecule has 110 valence electrons. The Morgan fingerprint density at radius 2 is 2.24 bits per heavy atom. The first-order chi connectivity index (χ1) is 10.2. The summed E-state index contributed by atoms with van der Waals surface area (Å²) in [4.78, 5) is 12.9. The van der Waals surface area contributed by atoms with Crippen LogP contribution in [0.25, 0.3) is 0 Å². The van der Waals surface area contributed by atoms with Gasteiger partial charge in [-0.25, -0.2) is 0 Å². The minimum absolute atomic E-state index is 0.138. The highest BCUT2D eigenvalue weighted by molar-refractivity contribution is 7.99. The van der Waals surface area contributed by atoms with E-state index in [4.69, 9.17) is 14.7 Å². The van der Waals surface area contributed by atoms with Crippen molar-refractivity contribution in [1.82, 2.24) is 5.32 Å². The van der Waals surface area contributed by atoms with E-state index in [0.717, 1.165) is 10.6 Å². The molecular weight excluding hydrogens is 288 g/mol. The number of nitriles is 1. The fourth-order valence-electron chi connectivity index (χ4n) is 1.80. The molecule has 0 unspecified atom stereocenters. The first kappa shape index (κ1) is 15.3. The fraction of sp³-hybridized carbons (Fsp3) is 0.333. The standard InChI is InChI=1S/C15H16N2O3S/c1-19-12-2-4-13(5-3-12)21-9-7-14(18)17-15-11(10-16)6-8-20-15/h2-5H,6-9H2,1H3,(H,17,18). The second-order valence-electron chi connectivity index (χ2n) is 4.34. The van der Waals surface area contributed by atoms with E-state index in [1.165, 1.54) is 0 Å². The summed E-state index contributed by atoms with van der Waals surface area (Å²) in [6.07, 6.45) is 0.926. The highest BCUT2D eigenvalue weighted by Gasteiger charge is 2.17. The van der Waals surface area contributed by atoms with Crippen LogP contribution in [0.4, 0.5) is 0 Å². The topological polar surface area (TPSA) is 71.3 Å². The van der Waals surface area contributed by atoms with E-state index in [2.05, 4.69) is 5.32 Å². The summed E-state index contributed by atoms with van der Waals surface area (Å²) >= 11 is 1.59. The molecule has 0 saturated carbocycles. The van der Waals surface area contributed by atoms with E-state index in [9.17, 15) is 4.79 Å². The molecule has 6 heteroatoms. The van der Waals surface area contributed by atoms with Crippen LogP contribution in [0.15, 0.2) is 40.6 Å². The van der Waals surface area contributed by atoms with Gasteiger partial charge in [-0.15, -0.1) is 11.8 Å². The lowest BCUT2D eigenvalue weighted by atomic mass is 10.2. The van der Waals surface area contributed by atoms with Crippen molar-refractivity contribution in [2.75, 3.05) is 19.5 Å². The van der Waals surface area contributed by atoms with Crippen molar-refractivity contribution >= 4 is 17.7 Å². The zero-order valence-corrected chi connectivity index (χ0v) is 12.5. The molecule has 1 N–H and O–H groups in total. The number of carbonyl (C=O) groups excluding carboxylic acids is 1. The maximum Gasteiger partial charge on any atom is 0.227 e. The number of thioether (sulfide) groups is 1. The quantitative estimate of drug-likeness (QED) is 0.817. The highest BCUT2D eigenvalue weighted by atomic mass is 32.2. The SMILES string of the molecule is COc1ccc(SCCC(=O)NC2=C(C#N)CCO2)cc1. The Balaban J connectivity index is 1.75. The molecule has 1 amide bonds. The highest BCUT2D eigenvalue weighted by Crippen LogP contribution is 2.22. The number of ether oxygens (including phenoxy) is 2. The Labute approximate surface area is 127 Å². The molecule has 1 aliphatic rings. The molecule has 0 bridgehead atoms. The number of amides is 1. The van der Waals surface area contributed by atoms with Crippen molar-refractivity contribution in [3.8, 4) is 11.8 Å². The maximum absolute atomic E-state index is 11.8. The van der Waals surface area contributed by atoms with Gasteiger partial charge in [-0.3, -0.25) is 10.1 Å². The zero-order valence-electron chi connectivity index (χ0n) is 11.7. The predicted octanol–water partition coefficient (Wildman–Crippen LogP) is 2.45. The molecule has 0 radical (unpaired) electrons. The molecule has 5 nitrogen and oxygen atoms in total.